The lowest BCUT2D eigenvalue weighted by atomic mass is 9.99. The molecule has 0 amide bonds. The second-order valence-corrected chi connectivity index (χ2v) is 5.77. The van der Waals surface area contributed by atoms with Gasteiger partial charge in [0.2, 0.25) is 5.95 Å². The SMILES string of the molecule is COc1ccc2c(c1)CCN(c1ccnc(N[C@H](C)CO)n1)C2. The van der Waals surface area contributed by atoms with Crippen molar-refractivity contribution < 1.29 is 9.84 Å². The van der Waals surface area contributed by atoms with Crippen LogP contribution in [0.3, 0.4) is 0 Å². The molecule has 0 aliphatic carbocycles. The summed E-state index contributed by atoms with van der Waals surface area (Å²) in [6.07, 6.45) is 2.71. The highest BCUT2D eigenvalue weighted by molar-refractivity contribution is 5.48. The number of hydrogen-bond donors (Lipinski definition) is 2. The minimum atomic E-state index is -0.0696. The standard InChI is InChI=1S/C17H22N4O2/c1-12(11-22)19-17-18-7-5-16(20-17)21-8-6-13-9-15(23-2)4-3-14(13)10-21/h3-5,7,9,12,22H,6,8,10-11H2,1-2H3,(H,18,19,20)/t12-/m1/s1. The quantitative estimate of drug-likeness (QED) is 0.877. The molecule has 122 valence electrons. The average molecular weight is 314 g/mol. The van der Waals surface area contributed by atoms with E-state index in [4.69, 9.17) is 9.84 Å². The molecule has 0 saturated carbocycles. The summed E-state index contributed by atoms with van der Waals surface area (Å²) in [6, 6.07) is 8.08. The number of rotatable bonds is 5. The summed E-state index contributed by atoms with van der Waals surface area (Å²) in [7, 11) is 1.69. The molecule has 0 radical (unpaired) electrons. The van der Waals surface area contributed by atoms with E-state index in [2.05, 4.69) is 32.3 Å². The van der Waals surface area contributed by atoms with E-state index in [-0.39, 0.29) is 12.6 Å². The zero-order valence-electron chi connectivity index (χ0n) is 13.5. The van der Waals surface area contributed by atoms with Crippen LogP contribution in [-0.2, 0) is 13.0 Å². The first-order valence-electron chi connectivity index (χ1n) is 7.81. The Balaban J connectivity index is 1.76. The summed E-state index contributed by atoms with van der Waals surface area (Å²) in [6.45, 7) is 3.67. The van der Waals surface area contributed by atoms with Gasteiger partial charge in [0.25, 0.3) is 0 Å². The average Bonchev–Trinajstić information content (AvgIpc) is 2.60. The van der Waals surface area contributed by atoms with E-state index in [1.165, 1.54) is 11.1 Å². The first kappa shape index (κ1) is 15.6. The van der Waals surface area contributed by atoms with Crippen LogP contribution in [0.25, 0.3) is 0 Å². The second-order valence-electron chi connectivity index (χ2n) is 5.77. The van der Waals surface area contributed by atoms with E-state index in [1.807, 2.05) is 19.1 Å². The smallest absolute Gasteiger partial charge is 0.224 e. The highest BCUT2D eigenvalue weighted by Gasteiger charge is 2.18. The van der Waals surface area contributed by atoms with Crippen molar-refractivity contribution in [1.82, 2.24) is 9.97 Å². The summed E-state index contributed by atoms with van der Waals surface area (Å²) >= 11 is 0. The molecule has 1 aliphatic heterocycles. The van der Waals surface area contributed by atoms with E-state index in [1.54, 1.807) is 13.3 Å². The molecule has 2 heterocycles. The molecule has 6 heteroatoms. The maximum Gasteiger partial charge on any atom is 0.224 e. The second kappa shape index (κ2) is 6.83. The van der Waals surface area contributed by atoms with Crippen LogP contribution in [0.2, 0.25) is 0 Å². The molecule has 1 aromatic heterocycles. The van der Waals surface area contributed by atoms with Crippen LogP contribution in [0.15, 0.2) is 30.5 Å². The molecule has 1 atom stereocenters. The number of benzene rings is 1. The molecule has 0 fully saturated rings. The maximum absolute atomic E-state index is 9.13. The number of methoxy groups -OCH3 is 1. The summed E-state index contributed by atoms with van der Waals surface area (Å²) in [5.74, 6) is 2.35. The highest BCUT2D eigenvalue weighted by atomic mass is 16.5. The minimum Gasteiger partial charge on any atom is -0.497 e. The van der Waals surface area contributed by atoms with Crippen LogP contribution >= 0.6 is 0 Å². The Bertz CT molecular complexity index is 677. The lowest BCUT2D eigenvalue weighted by Gasteiger charge is -2.30. The van der Waals surface area contributed by atoms with Crippen molar-refractivity contribution >= 4 is 11.8 Å². The summed E-state index contributed by atoms with van der Waals surface area (Å²) in [4.78, 5) is 11.0. The van der Waals surface area contributed by atoms with Gasteiger partial charge >= 0.3 is 0 Å². The summed E-state index contributed by atoms with van der Waals surface area (Å²) < 4.78 is 5.29. The first-order chi connectivity index (χ1) is 11.2. The number of aliphatic hydroxyl groups is 1. The molecular formula is C17H22N4O2. The predicted octanol–water partition coefficient (Wildman–Crippen LogP) is 1.84. The number of ether oxygens (including phenoxy) is 1. The van der Waals surface area contributed by atoms with Gasteiger partial charge in [0.1, 0.15) is 11.6 Å². The van der Waals surface area contributed by atoms with E-state index >= 15 is 0 Å². The van der Waals surface area contributed by atoms with Crippen LogP contribution in [-0.4, -0.2) is 41.4 Å². The van der Waals surface area contributed by atoms with Crippen LogP contribution in [0.1, 0.15) is 18.1 Å². The van der Waals surface area contributed by atoms with Crippen molar-refractivity contribution in [2.45, 2.75) is 25.9 Å². The number of anilines is 2. The van der Waals surface area contributed by atoms with Crippen molar-refractivity contribution in [1.29, 1.82) is 0 Å². The number of nitrogens with zero attached hydrogens (tertiary/aromatic N) is 3. The van der Waals surface area contributed by atoms with Gasteiger partial charge in [-0.15, -0.1) is 0 Å². The van der Waals surface area contributed by atoms with E-state index in [0.717, 1.165) is 31.1 Å². The summed E-state index contributed by atoms with van der Waals surface area (Å²) in [5.41, 5.74) is 2.64. The van der Waals surface area contributed by atoms with Gasteiger partial charge in [-0.1, -0.05) is 6.07 Å². The fraction of sp³-hybridized carbons (Fsp3) is 0.412. The van der Waals surface area contributed by atoms with E-state index in [0.29, 0.717) is 5.95 Å². The molecule has 0 bridgehead atoms. The van der Waals surface area contributed by atoms with Gasteiger partial charge in [-0.2, -0.15) is 4.98 Å². The predicted molar refractivity (Wildman–Crippen MR) is 90.0 cm³/mol. The van der Waals surface area contributed by atoms with Gasteiger partial charge in [-0.25, -0.2) is 4.98 Å². The highest BCUT2D eigenvalue weighted by Crippen LogP contribution is 2.26. The van der Waals surface area contributed by atoms with Gasteiger partial charge in [0.05, 0.1) is 13.7 Å². The third-order valence-corrected chi connectivity index (χ3v) is 4.04. The zero-order valence-corrected chi connectivity index (χ0v) is 13.5. The van der Waals surface area contributed by atoms with Crippen LogP contribution in [0, 0.1) is 0 Å². The number of hydrogen-bond acceptors (Lipinski definition) is 6. The molecule has 23 heavy (non-hydrogen) atoms. The first-order valence-corrected chi connectivity index (χ1v) is 7.81. The lowest BCUT2D eigenvalue weighted by Crippen LogP contribution is -2.31. The minimum absolute atomic E-state index is 0.0481. The number of aliphatic hydroxyl groups excluding tert-OH is 1. The van der Waals surface area contributed by atoms with Crippen LogP contribution < -0.4 is 15.0 Å². The Hall–Kier alpha value is -2.34. The van der Waals surface area contributed by atoms with Crippen molar-refractivity contribution in [2.75, 3.05) is 30.5 Å². The molecule has 0 spiro atoms. The van der Waals surface area contributed by atoms with Gasteiger partial charge in [-0.05, 0) is 42.7 Å². The number of nitrogens with one attached hydrogen (secondary N) is 1. The molecule has 1 aromatic carbocycles. The zero-order chi connectivity index (χ0) is 16.2. The Morgan fingerprint density at radius 1 is 1.35 bits per heavy atom. The fourth-order valence-corrected chi connectivity index (χ4v) is 2.71. The molecule has 2 N–H and O–H groups in total. The van der Waals surface area contributed by atoms with Crippen molar-refractivity contribution in [3.05, 3.63) is 41.6 Å². The third-order valence-electron chi connectivity index (χ3n) is 4.04. The maximum atomic E-state index is 9.13. The van der Waals surface area contributed by atoms with Gasteiger partial charge in [0, 0.05) is 25.3 Å². The van der Waals surface area contributed by atoms with Gasteiger partial charge in [-0.3, -0.25) is 0 Å². The van der Waals surface area contributed by atoms with Gasteiger partial charge in [0.15, 0.2) is 0 Å². The molecule has 0 saturated heterocycles. The fourth-order valence-electron chi connectivity index (χ4n) is 2.71. The summed E-state index contributed by atoms with van der Waals surface area (Å²) in [5, 5.41) is 12.2. The molecule has 0 unspecified atom stereocenters. The molecule has 3 rings (SSSR count). The lowest BCUT2D eigenvalue weighted by molar-refractivity contribution is 0.281. The van der Waals surface area contributed by atoms with Crippen molar-refractivity contribution in [2.24, 2.45) is 0 Å². The molecule has 2 aromatic rings. The Kier molecular flexibility index (Phi) is 4.62. The monoisotopic (exact) mass is 314 g/mol. The van der Waals surface area contributed by atoms with E-state index in [9.17, 15) is 0 Å². The Morgan fingerprint density at radius 2 is 2.22 bits per heavy atom. The van der Waals surface area contributed by atoms with Crippen molar-refractivity contribution in [3.8, 4) is 5.75 Å². The number of aromatic nitrogens is 2. The molecule has 6 nitrogen and oxygen atoms in total. The normalized spacial score (nSPS) is 15.0. The van der Waals surface area contributed by atoms with Gasteiger partial charge < -0.3 is 20.1 Å². The van der Waals surface area contributed by atoms with Crippen molar-refractivity contribution in [3.63, 3.8) is 0 Å². The van der Waals surface area contributed by atoms with E-state index < -0.39 is 0 Å². The number of fused-ring (bicyclic) bond motifs is 1. The third kappa shape index (κ3) is 3.53. The van der Waals surface area contributed by atoms with Crippen LogP contribution in [0.4, 0.5) is 11.8 Å². The Morgan fingerprint density at radius 3 is 3.00 bits per heavy atom. The Labute approximate surface area is 136 Å². The topological polar surface area (TPSA) is 70.5 Å². The molecule has 1 aliphatic rings. The largest absolute Gasteiger partial charge is 0.497 e. The molecular weight excluding hydrogens is 292 g/mol. The van der Waals surface area contributed by atoms with Crippen LogP contribution in [0.5, 0.6) is 5.75 Å².